The summed E-state index contributed by atoms with van der Waals surface area (Å²) in [7, 11) is 0. The summed E-state index contributed by atoms with van der Waals surface area (Å²) >= 11 is 0. The summed E-state index contributed by atoms with van der Waals surface area (Å²) in [6.07, 6.45) is 0.266. The Morgan fingerprint density at radius 3 is 2.36 bits per heavy atom. The molecule has 1 saturated carbocycles. The lowest BCUT2D eigenvalue weighted by atomic mass is 9.92. The van der Waals surface area contributed by atoms with E-state index in [4.69, 9.17) is 0 Å². The van der Waals surface area contributed by atoms with Crippen LogP contribution in [0.2, 0.25) is 0 Å². The third-order valence-electron chi connectivity index (χ3n) is 6.85. The van der Waals surface area contributed by atoms with Crippen molar-refractivity contribution in [1.82, 2.24) is 20.4 Å². The molecule has 2 heterocycles. The van der Waals surface area contributed by atoms with Gasteiger partial charge in [0, 0.05) is 50.1 Å². The van der Waals surface area contributed by atoms with Crippen molar-refractivity contribution >= 4 is 11.8 Å². The van der Waals surface area contributed by atoms with E-state index < -0.39 is 5.92 Å². The first-order chi connectivity index (χ1) is 15.6. The van der Waals surface area contributed by atoms with Gasteiger partial charge in [0.15, 0.2) is 5.82 Å². The quantitative estimate of drug-likeness (QED) is 0.720. The van der Waals surface area contributed by atoms with Crippen LogP contribution in [0, 0.1) is 19.7 Å². The van der Waals surface area contributed by atoms with Gasteiger partial charge >= 0.3 is 6.03 Å². The van der Waals surface area contributed by atoms with Crippen LogP contribution in [0.5, 0.6) is 0 Å². The van der Waals surface area contributed by atoms with Gasteiger partial charge in [0.25, 0.3) is 0 Å². The Balaban J connectivity index is 1.41. The van der Waals surface area contributed by atoms with Gasteiger partial charge in [-0.2, -0.15) is 0 Å². The average Bonchev–Trinajstić information content (AvgIpc) is 2.77. The predicted octanol–water partition coefficient (Wildman–Crippen LogP) is 4.70. The molecule has 178 valence electrons. The molecule has 2 aliphatic rings. The van der Waals surface area contributed by atoms with E-state index in [1.165, 1.54) is 12.1 Å². The zero-order valence-electron chi connectivity index (χ0n) is 19.2. The van der Waals surface area contributed by atoms with Crippen molar-refractivity contribution in [3.05, 3.63) is 41.2 Å². The number of rotatable bonds is 3. The molecule has 1 aromatic heterocycles. The van der Waals surface area contributed by atoms with E-state index in [1.54, 1.807) is 17.0 Å². The van der Waals surface area contributed by atoms with E-state index in [9.17, 15) is 18.0 Å². The van der Waals surface area contributed by atoms with Crippen LogP contribution in [0.15, 0.2) is 24.3 Å². The molecule has 0 unspecified atom stereocenters. The molecule has 1 N–H and O–H groups in total. The number of halogens is 3. The number of nitrogens with one attached hydrogen (secondary N) is 1. The fourth-order valence-corrected chi connectivity index (χ4v) is 4.67. The molecule has 2 fully saturated rings. The lowest BCUT2D eigenvalue weighted by Gasteiger charge is -2.41. The van der Waals surface area contributed by atoms with Crippen LogP contribution in [0.3, 0.4) is 0 Å². The van der Waals surface area contributed by atoms with Crippen LogP contribution in [0.25, 0.3) is 11.3 Å². The zero-order valence-corrected chi connectivity index (χ0v) is 19.2. The Hall–Kier alpha value is -2.84. The van der Waals surface area contributed by atoms with Crippen molar-refractivity contribution in [2.24, 2.45) is 0 Å². The summed E-state index contributed by atoms with van der Waals surface area (Å²) in [5.74, 6) is -2.13. The maximum absolute atomic E-state index is 13.4. The molecule has 0 spiro atoms. The van der Waals surface area contributed by atoms with Gasteiger partial charge in [-0.15, -0.1) is 10.2 Å². The molecule has 6 nitrogen and oxygen atoms in total. The number of benzene rings is 1. The third kappa shape index (κ3) is 5.07. The maximum atomic E-state index is 13.4. The second-order valence-electron chi connectivity index (χ2n) is 9.20. The van der Waals surface area contributed by atoms with Crippen LogP contribution in [0.1, 0.15) is 43.7 Å². The fraction of sp³-hybridized carbons (Fsp3) is 0.542. The fourth-order valence-electron chi connectivity index (χ4n) is 4.67. The highest BCUT2D eigenvalue weighted by Gasteiger charge is 2.37. The molecule has 1 aliphatic heterocycles. The summed E-state index contributed by atoms with van der Waals surface area (Å²) < 4.78 is 40.0. The van der Waals surface area contributed by atoms with E-state index in [0.717, 1.165) is 28.2 Å². The number of nitrogens with zero attached hydrogens (tertiary/aromatic N) is 4. The molecule has 4 rings (SSSR count). The highest BCUT2D eigenvalue weighted by Crippen LogP contribution is 2.33. The van der Waals surface area contributed by atoms with Gasteiger partial charge in [-0.3, -0.25) is 0 Å². The first-order valence-electron chi connectivity index (χ1n) is 11.4. The Morgan fingerprint density at radius 1 is 1.06 bits per heavy atom. The van der Waals surface area contributed by atoms with Crippen molar-refractivity contribution in [2.45, 2.75) is 64.5 Å². The van der Waals surface area contributed by atoms with Gasteiger partial charge in [0.2, 0.25) is 5.92 Å². The number of hydrogen-bond acceptors (Lipinski definition) is 4. The standard InChI is InChI=1S/C24H30F3N5O/c1-15-14-31(12-13-32(15)23(33)28-20-8-10-24(26,27)11-9-20)22-17(3)16(2)21(29-30-22)18-4-6-19(25)7-5-18/h4-7,15,20H,8-14H2,1-3H3,(H,28,33)/t15-/m0/s1. The van der Waals surface area contributed by atoms with Crippen molar-refractivity contribution in [3.8, 4) is 11.3 Å². The Morgan fingerprint density at radius 2 is 1.73 bits per heavy atom. The topological polar surface area (TPSA) is 61.4 Å². The minimum Gasteiger partial charge on any atom is -0.351 e. The first kappa shape index (κ1) is 23.3. The number of hydrogen-bond donors (Lipinski definition) is 1. The molecule has 0 radical (unpaired) electrons. The molecule has 1 aliphatic carbocycles. The molecule has 0 bridgehead atoms. The van der Waals surface area contributed by atoms with Crippen molar-refractivity contribution < 1.29 is 18.0 Å². The van der Waals surface area contributed by atoms with E-state index >= 15 is 0 Å². The van der Waals surface area contributed by atoms with Crippen LogP contribution in [0.4, 0.5) is 23.8 Å². The van der Waals surface area contributed by atoms with Crippen LogP contribution >= 0.6 is 0 Å². The number of amides is 2. The molecule has 1 saturated heterocycles. The Labute approximate surface area is 192 Å². The van der Waals surface area contributed by atoms with Gasteiger partial charge in [0.1, 0.15) is 5.82 Å². The van der Waals surface area contributed by atoms with Crippen molar-refractivity contribution in [2.75, 3.05) is 24.5 Å². The second kappa shape index (κ2) is 9.19. The predicted molar refractivity (Wildman–Crippen MR) is 121 cm³/mol. The minimum atomic E-state index is -2.61. The zero-order chi connectivity index (χ0) is 23.8. The third-order valence-corrected chi connectivity index (χ3v) is 6.85. The van der Waals surface area contributed by atoms with Crippen LogP contribution < -0.4 is 10.2 Å². The monoisotopic (exact) mass is 461 g/mol. The largest absolute Gasteiger partial charge is 0.351 e. The van der Waals surface area contributed by atoms with Gasteiger partial charge in [-0.05, 0) is 69.0 Å². The normalized spacial score (nSPS) is 21.2. The summed E-state index contributed by atoms with van der Waals surface area (Å²) in [5, 5.41) is 11.8. The highest BCUT2D eigenvalue weighted by molar-refractivity contribution is 5.75. The van der Waals surface area contributed by atoms with Crippen LogP contribution in [-0.2, 0) is 0 Å². The number of anilines is 1. The Bertz CT molecular complexity index is 1000. The molecule has 2 amide bonds. The van der Waals surface area contributed by atoms with Crippen molar-refractivity contribution in [3.63, 3.8) is 0 Å². The highest BCUT2D eigenvalue weighted by atomic mass is 19.3. The van der Waals surface area contributed by atoms with E-state index in [2.05, 4.69) is 20.4 Å². The van der Waals surface area contributed by atoms with E-state index in [-0.39, 0.29) is 36.8 Å². The second-order valence-corrected chi connectivity index (χ2v) is 9.20. The molecule has 1 aromatic carbocycles. The molecule has 1 atom stereocenters. The maximum Gasteiger partial charge on any atom is 0.317 e. The van der Waals surface area contributed by atoms with E-state index in [1.807, 2.05) is 20.8 Å². The summed E-state index contributed by atoms with van der Waals surface area (Å²) in [6.45, 7) is 7.66. The van der Waals surface area contributed by atoms with Gasteiger partial charge in [-0.25, -0.2) is 18.0 Å². The number of urea groups is 1. The molecular formula is C24H30F3N5O. The summed E-state index contributed by atoms with van der Waals surface area (Å²) in [4.78, 5) is 16.7. The molecule has 33 heavy (non-hydrogen) atoms. The lowest BCUT2D eigenvalue weighted by molar-refractivity contribution is -0.0399. The number of carbonyl (C=O) groups is 1. The SMILES string of the molecule is Cc1c(-c2ccc(F)cc2)nnc(N2CCN(C(=O)NC3CCC(F)(F)CC3)[C@@H](C)C2)c1C. The lowest BCUT2D eigenvalue weighted by Crippen LogP contribution is -2.58. The smallest absolute Gasteiger partial charge is 0.317 e. The molecular weight excluding hydrogens is 431 g/mol. The molecule has 9 heteroatoms. The average molecular weight is 462 g/mol. The van der Waals surface area contributed by atoms with Crippen LogP contribution in [-0.4, -0.2) is 58.8 Å². The number of alkyl halides is 2. The van der Waals surface area contributed by atoms with Gasteiger partial charge < -0.3 is 15.1 Å². The van der Waals surface area contributed by atoms with Gasteiger partial charge in [0.05, 0.1) is 5.69 Å². The number of piperazine rings is 1. The first-order valence-corrected chi connectivity index (χ1v) is 11.4. The molecule has 2 aromatic rings. The minimum absolute atomic E-state index is 0.0675. The number of carbonyl (C=O) groups excluding carboxylic acids is 1. The van der Waals surface area contributed by atoms with Crippen molar-refractivity contribution in [1.29, 1.82) is 0 Å². The summed E-state index contributed by atoms with van der Waals surface area (Å²) in [5.41, 5.74) is 3.51. The Kier molecular flexibility index (Phi) is 6.50. The summed E-state index contributed by atoms with van der Waals surface area (Å²) in [6, 6.07) is 5.74. The number of aromatic nitrogens is 2. The van der Waals surface area contributed by atoms with E-state index in [0.29, 0.717) is 32.5 Å². The van der Waals surface area contributed by atoms with Gasteiger partial charge in [-0.1, -0.05) is 0 Å².